The van der Waals surface area contributed by atoms with Crippen molar-refractivity contribution < 1.29 is 45.1 Å². The van der Waals surface area contributed by atoms with E-state index >= 15 is 0 Å². The smallest absolute Gasteiger partial charge is 0.426 e. The van der Waals surface area contributed by atoms with Crippen molar-refractivity contribution in [3.8, 4) is 0 Å². The fraction of sp³-hybridized carbons (Fsp3) is 0.517. The van der Waals surface area contributed by atoms with Gasteiger partial charge in [0.15, 0.2) is 9.84 Å². The normalized spacial score (nSPS) is 33.4. The number of nitrogens with one attached hydrogen (secondary N) is 1. The number of aryl methyl sites for hydroxylation is 1. The van der Waals surface area contributed by atoms with Crippen LogP contribution < -0.4 is 5.32 Å². The Bertz CT molecular complexity index is 1550. The Hall–Kier alpha value is -3.02. The first kappa shape index (κ1) is 28.1. The molecule has 5 aliphatic rings. The first-order valence-electron chi connectivity index (χ1n) is 13.4. The molecule has 0 radical (unpaired) electrons. The van der Waals surface area contributed by atoms with Crippen LogP contribution in [-0.4, -0.2) is 37.1 Å². The lowest BCUT2D eigenvalue weighted by molar-refractivity contribution is -0.228. The first-order valence-corrected chi connectivity index (χ1v) is 14.9. The molecular formula is C29H28F5NO5S. The molecule has 41 heavy (non-hydrogen) atoms. The molecule has 2 aromatic rings. The van der Waals surface area contributed by atoms with E-state index in [9.17, 15) is 45.1 Å². The third kappa shape index (κ3) is 3.74. The summed E-state index contributed by atoms with van der Waals surface area (Å²) in [5, 5.41) is 12.4. The van der Waals surface area contributed by atoms with Gasteiger partial charge in [0.05, 0.1) is 10.3 Å². The van der Waals surface area contributed by atoms with Gasteiger partial charge in [0.25, 0.3) is 0 Å². The molecule has 0 heterocycles. The molecule has 0 saturated heterocycles. The van der Waals surface area contributed by atoms with Crippen LogP contribution in [0.3, 0.4) is 0 Å². The van der Waals surface area contributed by atoms with E-state index < -0.39 is 66.6 Å². The average Bonchev–Trinajstić information content (AvgIpc) is 3.26. The van der Waals surface area contributed by atoms with Crippen molar-refractivity contribution in [2.45, 2.75) is 78.9 Å². The highest BCUT2D eigenvalue weighted by molar-refractivity contribution is 7.92. The molecule has 4 saturated carbocycles. The number of hydrogen-bond donors (Lipinski definition) is 2. The van der Waals surface area contributed by atoms with E-state index in [0.717, 1.165) is 36.4 Å². The summed E-state index contributed by atoms with van der Waals surface area (Å²) in [5.41, 5.74) is -5.25. The molecule has 1 unspecified atom stereocenters. The molecule has 7 rings (SSSR count). The lowest BCUT2D eigenvalue weighted by atomic mass is 9.39. The number of amides is 1. The maximum absolute atomic E-state index is 14.9. The summed E-state index contributed by atoms with van der Waals surface area (Å²) in [7, 11) is -4.32. The van der Waals surface area contributed by atoms with E-state index in [1.54, 1.807) is 0 Å². The van der Waals surface area contributed by atoms with Gasteiger partial charge in [-0.25, -0.2) is 17.2 Å². The third-order valence-electron chi connectivity index (χ3n) is 10.1. The number of aliphatic carboxylic acids is 1. The van der Waals surface area contributed by atoms with E-state index in [2.05, 4.69) is 5.32 Å². The van der Waals surface area contributed by atoms with Crippen LogP contribution in [0.15, 0.2) is 47.4 Å². The van der Waals surface area contributed by atoms with Crippen molar-refractivity contribution in [1.82, 2.24) is 5.32 Å². The topological polar surface area (TPSA) is 101 Å². The molecule has 4 atom stereocenters. The Morgan fingerprint density at radius 3 is 2.22 bits per heavy atom. The summed E-state index contributed by atoms with van der Waals surface area (Å²) < 4.78 is 96.1. The molecule has 2 bridgehead atoms. The van der Waals surface area contributed by atoms with Crippen LogP contribution in [0.2, 0.25) is 0 Å². The van der Waals surface area contributed by atoms with Crippen molar-refractivity contribution in [2.24, 2.45) is 17.3 Å². The molecule has 1 amide bonds. The number of carboxylic acids is 1. The van der Waals surface area contributed by atoms with Gasteiger partial charge in [-0.2, -0.15) is 13.2 Å². The summed E-state index contributed by atoms with van der Waals surface area (Å²) in [6, 6.07) is 7.52. The van der Waals surface area contributed by atoms with Crippen LogP contribution in [0.25, 0.3) is 0 Å². The van der Waals surface area contributed by atoms with Gasteiger partial charge in [-0.3, -0.25) is 9.59 Å². The lowest BCUT2D eigenvalue weighted by Gasteiger charge is -2.68. The third-order valence-corrected chi connectivity index (χ3v) is 12.7. The average molecular weight is 598 g/mol. The molecule has 0 spiro atoms. The highest BCUT2D eigenvalue weighted by atomic mass is 32.2. The number of fused-ring (bicyclic) bond motifs is 3. The number of benzene rings is 2. The van der Waals surface area contributed by atoms with Crippen LogP contribution in [0, 0.1) is 23.1 Å². The number of rotatable bonds is 6. The second-order valence-electron chi connectivity index (χ2n) is 12.4. The molecule has 6 nitrogen and oxygen atoms in total. The van der Waals surface area contributed by atoms with Crippen LogP contribution in [-0.2, 0) is 36.3 Å². The fourth-order valence-electron chi connectivity index (χ4n) is 7.95. The van der Waals surface area contributed by atoms with Gasteiger partial charge >= 0.3 is 12.1 Å². The largest absolute Gasteiger partial charge is 0.481 e. The number of carbonyl (C=O) groups is 2. The van der Waals surface area contributed by atoms with Gasteiger partial charge < -0.3 is 10.4 Å². The number of halogens is 5. The van der Waals surface area contributed by atoms with Crippen molar-refractivity contribution in [3.05, 3.63) is 65.0 Å². The number of carbonyl (C=O) groups excluding carboxylic acids is 1. The molecule has 0 aliphatic heterocycles. The highest BCUT2D eigenvalue weighted by Gasteiger charge is 2.73. The van der Waals surface area contributed by atoms with E-state index in [4.69, 9.17) is 0 Å². The van der Waals surface area contributed by atoms with Crippen molar-refractivity contribution in [1.29, 1.82) is 0 Å². The zero-order valence-electron chi connectivity index (χ0n) is 22.0. The summed E-state index contributed by atoms with van der Waals surface area (Å²) >= 11 is 0. The van der Waals surface area contributed by atoms with Gasteiger partial charge in [-0.15, -0.1) is 0 Å². The Balaban J connectivity index is 1.40. The number of hydrogen-bond acceptors (Lipinski definition) is 4. The number of carboxylic acid groups (broad SMARTS) is 1. The second-order valence-corrected chi connectivity index (χ2v) is 14.6. The minimum Gasteiger partial charge on any atom is -0.481 e. The molecule has 2 aromatic carbocycles. The maximum Gasteiger partial charge on any atom is 0.426 e. The van der Waals surface area contributed by atoms with Gasteiger partial charge in [0, 0.05) is 11.5 Å². The minimum atomic E-state index is -5.19. The molecule has 12 heteroatoms. The number of alkyl halides is 4. The molecule has 2 N–H and O–H groups in total. The predicted molar refractivity (Wildman–Crippen MR) is 136 cm³/mol. The van der Waals surface area contributed by atoms with Crippen LogP contribution in [0.4, 0.5) is 22.0 Å². The van der Waals surface area contributed by atoms with Gasteiger partial charge in [0.1, 0.15) is 10.6 Å². The highest BCUT2D eigenvalue weighted by Crippen LogP contribution is 2.68. The van der Waals surface area contributed by atoms with Crippen LogP contribution in [0.1, 0.15) is 62.1 Å². The Labute approximate surface area is 233 Å². The van der Waals surface area contributed by atoms with E-state index in [1.807, 2.05) is 0 Å². The Morgan fingerprint density at radius 2 is 1.63 bits per heavy atom. The summed E-state index contributed by atoms with van der Waals surface area (Å²) in [4.78, 5) is 24.9. The predicted octanol–water partition coefficient (Wildman–Crippen LogP) is 5.34. The van der Waals surface area contributed by atoms with Crippen LogP contribution in [0.5, 0.6) is 0 Å². The van der Waals surface area contributed by atoms with Gasteiger partial charge in [0.2, 0.25) is 11.6 Å². The van der Waals surface area contributed by atoms with Crippen molar-refractivity contribution in [3.63, 3.8) is 0 Å². The zero-order valence-corrected chi connectivity index (χ0v) is 22.8. The van der Waals surface area contributed by atoms with E-state index in [-0.39, 0.29) is 47.6 Å². The zero-order chi connectivity index (χ0) is 29.8. The Kier molecular flexibility index (Phi) is 5.84. The monoisotopic (exact) mass is 597 g/mol. The molecular weight excluding hydrogens is 569 g/mol. The fourth-order valence-corrected chi connectivity index (χ4v) is 10.4. The summed E-state index contributed by atoms with van der Waals surface area (Å²) in [6.07, 6.45) is -3.82. The molecule has 0 aromatic heterocycles. The van der Waals surface area contributed by atoms with Gasteiger partial charge in [-0.05, 0) is 98.7 Å². The second kappa shape index (κ2) is 8.52. The van der Waals surface area contributed by atoms with E-state index in [1.165, 1.54) is 6.07 Å². The number of sulfone groups is 1. The molecule has 220 valence electrons. The summed E-state index contributed by atoms with van der Waals surface area (Å²) in [6.45, 7) is 0.417. The first-order chi connectivity index (χ1) is 19.0. The SMILES string of the molecule is CC(F)(c1ccc2c(c1)CC[C@H]1[C@H](C(=O)NC34CC(C(=O)O)(C3)C4)CC[C@@]21S(=O)(=O)c1ccc(F)cc1)C(F)(F)F. The molecule has 4 fully saturated rings. The van der Waals surface area contributed by atoms with Crippen molar-refractivity contribution in [2.75, 3.05) is 0 Å². The summed E-state index contributed by atoms with van der Waals surface area (Å²) in [5.74, 6) is -3.44. The Morgan fingerprint density at radius 1 is 1.00 bits per heavy atom. The van der Waals surface area contributed by atoms with Gasteiger partial charge in [-0.1, -0.05) is 18.2 Å². The standard InChI is InChI=1S/C29H28F5NO5S/c1-25(31,29(32,33)34)17-3-9-21-16(12-17)2-8-22-20(23(36)35-27-13-26(14-27,15-27)24(37)38)10-11-28(21,22)41(39,40)19-6-4-18(30)5-7-19/h3-7,9,12,20,22H,2,8,10-11,13-15H2,1H3,(H,35,36)(H,37,38)/t20-,22+,25?,26?,27?,28-/m1/s1. The maximum atomic E-state index is 14.9. The molecule has 5 aliphatic carbocycles. The van der Waals surface area contributed by atoms with Crippen molar-refractivity contribution >= 4 is 21.7 Å². The quantitative estimate of drug-likeness (QED) is 0.346. The van der Waals surface area contributed by atoms with Crippen LogP contribution >= 0.6 is 0 Å². The minimum absolute atomic E-state index is 0.0139. The van der Waals surface area contributed by atoms with E-state index in [0.29, 0.717) is 26.2 Å². The lowest BCUT2D eigenvalue weighted by Crippen LogP contribution is -2.77.